The van der Waals surface area contributed by atoms with E-state index in [4.69, 9.17) is 0 Å². The molecule has 0 aromatic heterocycles. The van der Waals surface area contributed by atoms with Crippen LogP contribution in [0.15, 0.2) is 53.0 Å². The predicted molar refractivity (Wildman–Crippen MR) is 85.8 cm³/mol. The van der Waals surface area contributed by atoms with E-state index in [-0.39, 0.29) is 11.6 Å². The third-order valence-corrected chi connectivity index (χ3v) is 3.95. The van der Waals surface area contributed by atoms with E-state index in [1.165, 1.54) is 12.1 Å². The van der Waals surface area contributed by atoms with Crippen LogP contribution >= 0.6 is 15.9 Å². The largest absolute Gasteiger partial charge is 0.302 e. The molecule has 0 aliphatic carbocycles. The highest BCUT2D eigenvalue weighted by molar-refractivity contribution is 9.10. The molecular weight excluding hydrogens is 333 g/mol. The van der Waals surface area contributed by atoms with Gasteiger partial charge in [0.1, 0.15) is 5.82 Å². The second-order valence-electron chi connectivity index (χ2n) is 5.02. The first-order chi connectivity index (χ1) is 10.1. The molecule has 2 aromatic carbocycles. The summed E-state index contributed by atoms with van der Waals surface area (Å²) in [4.78, 5) is 14.2. The summed E-state index contributed by atoms with van der Waals surface area (Å²) in [5.41, 5.74) is 1.75. The van der Waals surface area contributed by atoms with Crippen molar-refractivity contribution in [3.63, 3.8) is 0 Å². The van der Waals surface area contributed by atoms with E-state index in [9.17, 15) is 9.18 Å². The summed E-state index contributed by atoms with van der Waals surface area (Å²) in [5, 5.41) is 0. The molecular formula is C17H17BrFNO. The zero-order valence-electron chi connectivity index (χ0n) is 11.9. The van der Waals surface area contributed by atoms with Crippen LogP contribution < -0.4 is 0 Å². The number of Topliss-reactive ketones (excluding diaryl/α,β-unsaturated/α-hetero) is 1. The first-order valence-electron chi connectivity index (χ1n) is 6.77. The highest BCUT2D eigenvalue weighted by Crippen LogP contribution is 2.17. The number of carbonyl (C=O) groups is 1. The van der Waals surface area contributed by atoms with Crippen molar-refractivity contribution < 1.29 is 9.18 Å². The quantitative estimate of drug-likeness (QED) is 0.725. The van der Waals surface area contributed by atoms with Crippen LogP contribution in [0.3, 0.4) is 0 Å². The number of ketones is 1. The zero-order chi connectivity index (χ0) is 15.2. The Balaban J connectivity index is 1.86. The number of halogens is 2. The highest BCUT2D eigenvalue weighted by atomic mass is 79.9. The van der Waals surface area contributed by atoms with Gasteiger partial charge >= 0.3 is 0 Å². The molecule has 0 saturated heterocycles. The summed E-state index contributed by atoms with van der Waals surface area (Å²) in [7, 11) is 1.96. The average molecular weight is 350 g/mol. The van der Waals surface area contributed by atoms with Crippen LogP contribution in [0.2, 0.25) is 0 Å². The van der Waals surface area contributed by atoms with E-state index in [0.29, 0.717) is 25.1 Å². The van der Waals surface area contributed by atoms with E-state index in [0.717, 1.165) is 10.0 Å². The van der Waals surface area contributed by atoms with Crippen molar-refractivity contribution in [3.8, 4) is 0 Å². The lowest BCUT2D eigenvalue weighted by atomic mass is 10.1. The van der Waals surface area contributed by atoms with Gasteiger partial charge in [-0.2, -0.15) is 0 Å². The van der Waals surface area contributed by atoms with Crippen molar-refractivity contribution in [1.82, 2.24) is 4.90 Å². The van der Waals surface area contributed by atoms with Crippen LogP contribution in [-0.4, -0.2) is 24.3 Å². The van der Waals surface area contributed by atoms with Crippen molar-refractivity contribution in [1.29, 1.82) is 0 Å². The number of nitrogens with zero attached hydrogens (tertiary/aromatic N) is 1. The van der Waals surface area contributed by atoms with Crippen molar-refractivity contribution in [3.05, 3.63) is 69.9 Å². The van der Waals surface area contributed by atoms with E-state index < -0.39 is 0 Å². The maximum absolute atomic E-state index is 12.8. The lowest BCUT2D eigenvalue weighted by molar-refractivity contribution is 0.0967. The van der Waals surface area contributed by atoms with Crippen molar-refractivity contribution in [2.75, 3.05) is 13.6 Å². The molecule has 0 fully saturated rings. The lowest BCUT2D eigenvalue weighted by Gasteiger charge is -2.16. The smallest absolute Gasteiger partial charge is 0.165 e. The molecule has 2 nitrogen and oxygen atoms in total. The third kappa shape index (κ3) is 4.76. The average Bonchev–Trinajstić information content (AvgIpc) is 2.48. The second-order valence-corrected chi connectivity index (χ2v) is 5.87. The minimum Gasteiger partial charge on any atom is -0.302 e. The van der Waals surface area contributed by atoms with Gasteiger partial charge in [0.05, 0.1) is 0 Å². The standard InChI is InChI=1S/C17H17BrFNO/c1-20(12-13-6-8-14(19)9-7-13)11-10-17(21)15-4-2-3-5-16(15)18/h2-9H,10-12H2,1H3. The molecule has 2 rings (SSSR count). The molecule has 0 N–H and O–H groups in total. The molecule has 0 saturated carbocycles. The summed E-state index contributed by atoms with van der Waals surface area (Å²) < 4.78 is 13.7. The molecule has 0 heterocycles. The molecule has 0 amide bonds. The fourth-order valence-corrected chi connectivity index (χ4v) is 2.60. The fourth-order valence-electron chi connectivity index (χ4n) is 2.09. The molecule has 0 atom stereocenters. The normalized spacial score (nSPS) is 10.9. The number of carbonyl (C=O) groups excluding carboxylic acids is 1. The number of hydrogen-bond donors (Lipinski definition) is 0. The summed E-state index contributed by atoms with van der Waals surface area (Å²) in [6.45, 7) is 1.36. The Morgan fingerprint density at radius 1 is 1.14 bits per heavy atom. The molecule has 2 aromatic rings. The summed E-state index contributed by atoms with van der Waals surface area (Å²) >= 11 is 3.39. The Bertz CT molecular complexity index is 612. The van der Waals surface area contributed by atoms with Gasteiger partial charge in [-0.25, -0.2) is 4.39 Å². The Hall–Kier alpha value is -1.52. The SMILES string of the molecule is CN(CCC(=O)c1ccccc1Br)Cc1ccc(F)cc1. The topological polar surface area (TPSA) is 20.3 Å². The molecule has 4 heteroatoms. The fraction of sp³-hybridized carbons (Fsp3) is 0.235. The first-order valence-corrected chi connectivity index (χ1v) is 7.56. The van der Waals surface area contributed by atoms with Crippen LogP contribution in [0.25, 0.3) is 0 Å². The molecule has 0 unspecified atom stereocenters. The highest BCUT2D eigenvalue weighted by Gasteiger charge is 2.10. The van der Waals surface area contributed by atoms with Gasteiger partial charge in [-0.3, -0.25) is 4.79 Å². The lowest BCUT2D eigenvalue weighted by Crippen LogP contribution is -2.21. The maximum Gasteiger partial charge on any atom is 0.165 e. The molecule has 21 heavy (non-hydrogen) atoms. The molecule has 0 radical (unpaired) electrons. The van der Waals surface area contributed by atoms with E-state index >= 15 is 0 Å². The van der Waals surface area contributed by atoms with Crippen LogP contribution in [-0.2, 0) is 6.54 Å². The van der Waals surface area contributed by atoms with Crippen molar-refractivity contribution in [2.24, 2.45) is 0 Å². The van der Waals surface area contributed by atoms with Gasteiger partial charge in [0.25, 0.3) is 0 Å². The van der Waals surface area contributed by atoms with Gasteiger partial charge in [-0.1, -0.05) is 46.3 Å². The van der Waals surface area contributed by atoms with Gasteiger partial charge in [-0.15, -0.1) is 0 Å². The van der Waals surface area contributed by atoms with Gasteiger partial charge in [0, 0.05) is 29.5 Å². The van der Waals surface area contributed by atoms with Gasteiger partial charge in [-0.05, 0) is 30.8 Å². The molecule has 0 bridgehead atoms. The van der Waals surface area contributed by atoms with Crippen molar-refractivity contribution >= 4 is 21.7 Å². The van der Waals surface area contributed by atoms with Crippen LogP contribution in [0.5, 0.6) is 0 Å². The van der Waals surface area contributed by atoms with E-state index in [1.54, 1.807) is 12.1 Å². The molecule has 0 aliphatic heterocycles. The molecule has 0 spiro atoms. The van der Waals surface area contributed by atoms with Crippen LogP contribution in [0.1, 0.15) is 22.3 Å². The van der Waals surface area contributed by atoms with Gasteiger partial charge in [0.15, 0.2) is 5.78 Å². The maximum atomic E-state index is 12.8. The van der Waals surface area contributed by atoms with Crippen molar-refractivity contribution in [2.45, 2.75) is 13.0 Å². The van der Waals surface area contributed by atoms with Gasteiger partial charge < -0.3 is 4.90 Å². The van der Waals surface area contributed by atoms with E-state index in [2.05, 4.69) is 20.8 Å². The summed E-state index contributed by atoms with van der Waals surface area (Å²) in [5.74, 6) is -0.112. The van der Waals surface area contributed by atoms with Crippen LogP contribution in [0.4, 0.5) is 4.39 Å². The Kier molecular flexibility index (Phi) is 5.65. The minimum atomic E-state index is -0.231. The zero-order valence-corrected chi connectivity index (χ0v) is 13.4. The number of benzene rings is 2. The first kappa shape index (κ1) is 15.9. The number of hydrogen-bond acceptors (Lipinski definition) is 2. The Morgan fingerprint density at radius 3 is 2.48 bits per heavy atom. The molecule has 0 aliphatic rings. The minimum absolute atomic E-state index is 0.119. The molecule has 110 valence electrons. The second kappa shape index (κ2) is 7.48. The Labute approximate surface area is 132 Å². The monoisotopic (exact) mass is 349 g/mol. The third-order valence-electron chi connectivity index (χ3n) is 3.26. The van der Waals surface area contributed by atoms with Gasteiger partial charge in [0.2, 0.25) is 0 Å². The number of rotatable bonds is 6. The van der Waals surface area contributed by atoms with E-state index in [1.807, 2.05) is 31.3 Å². The van der Waals surface area contributed by atoms with Crippen LogP contribution in [0, 0.1) is 5.82 Å². The Morgan fingerprint density at radius 2 is 1.81 bits per heavy atom. The summed E-state index contributed by atoms with van der Waals surface area (Å²) in [6.07, 6.45) is 0.459. The predicted octanol–water partition coefficient (Wildman–Crippen LogP) is 4.29. The summed E-state index contributed by atoms with van der Waals surface area (Å²) in [6, 6.07) is 13.9.